The van der Waals surface area contributed by atoms with Gasteiger partial charge in [-0.25, -0.2) is 9.97 Å². The Hall–Kier alpha value is -8.66. The lowest BCUT2D eigenvalue weighted by Crippen LogP contribution is -2.14. The second-order valence-electron chi connectivity index (χ2n) is 18.2. The maximum atomic E-state index is 5.26. The summed E-state index contributed by atoms with van der Waals surface area (Å²) in [7, 11) is 0. The van der Waals surface area contributed by atoms with Gasteiger partial charge in [-0.1, -0.05) is 220 Å². The van der Waals surface area contributed by atoms with Crippen molar-refractivity contribution in [3.05, 3.63) is 260 Å². The van der Waals surface area contributed by atoms with Gasteiger partial charge in [-0.3, -0.25) is 0 Å². The molecule has 0 unspecified atom stereocenters. The van der Waals surface area contributed by atoms with Crippen LogP contribution in [0.5, 0.6) is 0 Å². The molecule has 1 aliphatic carbocycles. The van der Waals surface area contributed by atoms with Crippen molar-refractivity contribution < 1.29 is 0 Å². The van der Waals surface area contributed by atoms with E-state index in [1.54, 1.807) is 0 Å². The topological polar surface area (TPSA) is 29.0 Å². The van der Waals surface area contributed by atoms with Crippen molar-refractivity contribution in [3.63, 3.8) is 0 Å². The summed E-state index contributed by atoms with van der Waals surface area (Å²) in [4.78, 5) is 12.8. The minimum absolute atomic E-state index is 0.106. The maximum Gasteiger partial charge on any atom is 0.160 e. The van der Waals surface area contributed by atoms with Gasteiger partial charge in [0.2, 0.25) is 0 Å². The molecule has 0 atom stereocenters. The van der Waals surface area contributed by atoms with Crippen molar-refractivity contribution in [3.8, 4) is 78.4 Å². The van der Waals surface area contributed by atoms with Gasteiger partial charge in [0.25, 0.3) is 0 Å². The van der Waals surface area contributed by atoms with Crippen molar-refractivity contribution >= 4 is 27.8 Å². The standard InChI is InChI=1S/C65H47N3/c1-65(2)59-22-12-11-21-57(59)58-41-36-53(42-60(58)65)62-43-61(51-17-7-4-8-18-51)66-64(67-62)52-30-28-47(29-31-52)49-34-39-55(40-35-49)68(63-23-13-19-50-16-9-10-20-56(50)63)54-37-32-48(33-38-54)46-26-24-45(25-27-46)44-14-5-3-6-15-44/h3-43H,1-2H3. The van der Waals surface area contributed by atoms with E-state index in [4.69, 9.17) is 9.97 Å². The Morgan fingerprint density at radius 1 is 0.324 bits per heavy atom. The predicted octanol–water partition coefficient (Wildman–Crippen LogP) is 17.4. The van der Waals surface area contributed by atoms with E-state index in [-0.39, 0.29) is 5.41 Å². The average molecular weight is 870 g/mol. The summed E-state index contributed by atoms with van der Waals surface area (Å²) in [5.74, 6) is 0.701. The summed E-state index contributed by atoms with van der Waals surface area (Å²) in [5.41, 5.74) is 20.5. The second-order valence-corrected chi connectivity index (χ2v) is 18.2. The number of hydrogen-bond acceptors (Lipinski definition) is 3. The van der Waals surface area contributed by atoms with Crippen LogP contribution in [-0.2, 0) is 5.41 Å². The largest absolute Gasteiger partial charge is 0.310 e. The van der Waals surface area contributed by atoms with E-state index < -0.39 is 0 Å². The van der Waals surface area contributed by atoms with Gasteiger partial charge in [0, 0.05) is 38.9 Å². The lowest BCUT2D eigenvalue weighted by atomic mass is 9.82. The molecule has 1 heterocycles. The molecule has 0 spiro atoms. The first-order valence-corrected chi connectivity index (χ1v) is 23.4. The van der Waals surface area contributed by atoms with Gasteiger partial charge < -0.3 is 4.90 Å². The third-order valence-corrected chi connectivity index (χ3v) is 13.7. The van der Waals surface area contributed by atoms with Gasteiger partial charge in [-0.15, -0.1) is 0 Å². The van der Waals surface area contributed by atoms with Crippen molar-refractivity contribution in [2.45, 2.75) is 19.3 Å². The van der Waals surface area contributed by atoms with Gasteiger partial charge in [0.1, 0.15) is 0 Å². The Kier molecular flexibility index (Phi) is 10.2. The van der Waals surface area contributed by atoms with Crippen LogP contribution < -0.4 is 4.90 Å². The first kappa shape index (κ1) is 40.8. The summed E-state index contributed by atoms with van der Waals surface area (Å²) in [5, 5.41) is 2.40. The minimum Gasteiger partial charge on any atom is -0.310 e. The highest BCUT2D eigenvalue weighted by Crippen LogP contribution is 2.49. The summed E-state index contributed by atoms with van der Waals surface area (Å²) in [6, 6.07) is 89.2. The van der Waals surface area contributed by atoms with E-state index >= 15 is 0 Å². The van der Waals surface area contributed by atoms with Crippen molar-refractivity contribution in [2.75, 3.05) is 4.90 Å². The molecule has 1 aliphatic rings. The number of benzene rings is 10. The molecule has 322 valence electrons. The fourth-order valence-electron chi connectivity index (χ4n) is 10.1. The average Bonchev–Trinajstić information content (AvgIpc) is 3.64. The lowest BCUT2D eigenvalue weighted by molar-refractivity contribution is 0.660. The molecule has 0 saturated heterocycles. The van der Waals surface area contributed by atoms with Crippen molar-refractivity contribution in [1.29, 1.82) is 0 Å². The number of aromatic nitrogens is 2. The predicted molar refractivity (Wildman–Crippen MR) is 284 cm³/mol. The minimum atomic E-state index is -0.106. The molecule has 11 aromatic rings. The van der Waals surface area contributed by atoms with Crippen LogP contribution in [0.1, 0.15) is 25.0 Å². The van der Waals surface area contributed by atoms with Gasteiger partial charge >= 0.3 is 0 Å². The molecule has 12 rings (SSSR count). The molecular weight excluding hydrogens is 823 g/mol. The number of anilines is 3. The molecule has 0 radical (unpaired) electrons. The molecule has 0 amide bonds. The SMILES string of the molecule is CC1(C)c2ccccc2-c2ccc(-c3cc(-c4ccccc4)nc(-c4ccc(-c5ccc(N(c6ccc(-c7ccc(-c8ccccc8)cc7)cc6)c6cccc7ccccc67)cc5)cc4)n3)cc21. The van der Waals surface area contributed by atoms with Crippen LogP contribution in [0.2, 0.25) is 0 Å². The van der Waals surface area contributed by atoms with Gasteiger partial charge in [0.15, 0.2) is 5.82 Å². The number of nitrogens with zero attached hydrogens (tertiary/aromatic N) is 3. The summed E-state index contributed by atoms with van der Waals surface area (Å²) >= 11 is 0. The van der Waals surface area contributed by atoms with Crippen molar-refractivity contribution in [1.82, 2.24) is 9.97 Å². The summed E-state index contributed by atoms with van der Waals surface area (Å²) in [6.07, 6.45) is 0. The van der Waals surface area contributed by atoms with Crippen LogP contribution in [0.15, 0.2) is 249 Å². The third-order valence-electron chi connectivity index (χ3n) is 13.7. The number of fused-ring (bicyclic) bond motifs is 4. The van der Waals surface area contributed by atoms with Crippen LogP contribution in [0.3, 0.4) is 0 Å². The molecule has 3 heteroatoms. The highest BCUT2D eigenvalue weighted by atomic mass is 15.1. The molecule has 0 saturated carbocycles. The van der Waals surface area contributed by atoms with E-state index in [0.717, 1.165) is 56.3 Å². The van der Waals surface area contributed by atoms with Gasteiger partial charge in [-0.05, 0) is 103 Å². The molecule has 68 heavy (non-hydrogen) atoms. The quantitative estimate of drug-likeness (QED) is 0.145. The smallest absolute Gasteiger partial charge is 0.160 e. The van der Waals surface area contributed by atoms with Crippen molar-refractivity contribution in [2.24, 2.45) is 0 Å². The molecule has 3 nitrogen and oxygen atoms in total. The lowest BCUT2D eigenvalue weighted by Gasteiger charge is -2.27. The molecule has 1 aromatic heterocycles. The van der Waals surface area contributed by atoms with Gasteiger partial charge in [-0.2, -0.15) is 0 Å². The molecule has 10 aromatic carbocycles. The fourth-order valence-corrected chi connectivity index (χ4v) is 10.1. The Labute approximate surface area is 398 Å². The monoisotopic (exact) mass is 869 g/mol. The summed E-state index contributed by atoms with van der Waals surface area (Å²) in [6.45, 7) is 4.65. The van der Waals surface area contributed by atoms with Gasteiger partial charge in [0.05, 0.1) is 17.1 Å². The Morgan fingerprint density at radius 3 is 1.38 bits per heavy atom. The van der Waals surface area contributed by atoms with E-state index in [9.17, 15) is 0 Å². The first-order chi connectivity index (χ1) is 33.4. The number of hydrogen-bond donors (Lipinski definition) is 0. The zero-order valence-electron chi connectivity index (χ0n) is 38.0. The molecular formula is C65H47N3. The highest BCUT2D eigenvalue weighted by molar-refractivity contribution is 5.99. The van der Waals surface area contributed by atoms with Crippen LogP contribution in [-0.4, -0.2) is 9.97 Å². The van der Waals surface area contributed by atoms with Crippen LogP contribution in [0.4, 0.5) is 17.1 Å². The maximum absolute atomic E-state index is 5.26. The fraction of sp³-hybridized carbons (Fsp3) is 0.0462. The Bertz CT molecular complexity index is 3590. The Morgan fingerprint density at radius 2 is 0.765 bits per heavy atom. The number of rotatable bonds is 9. The van der Waals surface area contributed by atoms with E-state index in [1.165, 1.54) is 55.3 Å². The highest BCUT2D eigenvalue weighted by Gasteiger charge is 2.35. The zero-order chi connectivity index (χ0) is 45.6. The summed E-state index contributed by atoms with van der Waals surface area (Å²) < 4.78 is 0. The van der Waals surface area contributed by atoms with E-state index in [2.05, 4.69) is 261 Å². The molecule has 0 bridgehead atoms. The zero-order valence-corrected chi connectivity index (χ0v) is 38.0. The third kappa shape index (κ3) is 7.45. The van der Waals surface area contributed by atoms with Crippen LogP contribution in [0, 0.1) is 0 Å². The van der Waals surface area contributed by atoms with E-state index in [0.29, 0.717) is 5.82 Å². The second kappa shape index (κ2) is 17.0. The molecule has 0 fully saturated rings. The normalized spacial score (nSPS) is 12.4. The molecule has 0 aliphatic heterocycles. The first-order valence-electron chi connectivity index (χ1n) is 23.4. The Balaban J connectivity index is 0.862. The van der Waals surface area contributed by atoms with Crippen LogP contribution >= 0.6 is 0 Å². The molecule has 0 N–H and O–H groups in total. The van der Waals surface area contributed by atoms with Crippen LogP contribution in [0.25, 0.3) is 89.2 Å². The van der Waals surface area contributed by atoms with E-state index in [1.807, 2.05) is 6.07 Å².